The van der Waals surface area contributed by atoms with Gasteiger partial charge in [0, 0.05) is 37.8 Å². The van der Waals surface area contributed by atoms with Crippen molar-refractivity contribution in [2.24, 2.45) is 0 Å². The van der Waals surface area contributed by atoms with Gasteiger partial charge in [-0.1, -0.05) is 0 Å². The quantitative estimate of drug-likeness (QED) is 0.625. The van der Waals surface area contributed by atoms with Crippen molar-refractivity contribution in [2.75, 3.05) is 31.6 Å². The number of nitrogens with one attached hydrogen (secondary N) is 1. The normalized spacial score (nSPS) is 15.5. The third-order valence-corrected chi connectivity index (χ3v) is 4.59. The smallest absolute Gasteiger partial charge is 0.330 e. The Bertz CT molecular complexity index is 810. The van der Waals surface area contributed by atoms with Crippen LogP contribution >= 0.6 is 0 Å². The van der Waals surface area contributed by atoms with Crippen LogP contribution in [0.3, 0.4) is 0 Å². The zero-order valence-electron chi connectivity index (χ0n) is 14.9. The van der Waals surface area contributed by atoms with E-state index in [1.54, 1.807) is 11.2 Å². The van der Waals surface area contributed by atoms with Gasteiger partial charge in [-0.05, 0) is 19.8 Å². The second-order valence-electron chi connectivity index (χ2n) is 6.00. The summed E-state index contributed by atoms with van der Waals surface area (Å²) in [4.78, 5) is 43.3. The second kappa shape index (κ2) is 7.94. The zero-order chi connectivity index (χ0) is 18.5. The van der Waals surface area contributed by atoms with E-state index in [0.29, 0.717) is 12.2 Å². The van der Waals surface area contributed by atoms with Gasteiger partial charge >= 0.3 is 5.97 Å². The highest BCUT2D eigenvalue weighted by Gasteiger charge is 2.27. The average Bonchev–Trinajstić information content (AvgIpc) is 3.16. The van der Waals surface area contributed by atoms with Gasteiger partial charge in [0.05, 0.1) is 13.4 Å². The third-order valence-electron chi connectivity index (χ3n) is 4.59. The topological polar surface area (TPSA) is 104 Å². The number of H-pyrrole nitrogens is 1. The number of nitrogens with zero attached hydrogens (tertiary/aromatic N) is 5. The van der Waals surface area contributed by atoms with Crippen molar-refractivity contribution in [1.82, 2.24) is 24.8 Å². The fourth-order valence-electron chi connectivity index (χ4n) is 3.28. The predicted molar refractivity (Wildman–Crippen MR) is 95.5 cm³/mol. The Morgan fingerprint density at radius 3 is 2.77 bits per heavy atom. The Morgan fingerprint density at radius 2 is 2.08 bits per heavy atom. The van der Waals surface area contributed by atoms with Crippen LogP contribution in [0.25, 0.3) is 11.2 Å². The molecule has 0 spiro atoms. The summed E-state index contributed by atoms with van der Waals surface area (Å²) >= 11 is 0. The Hall–Kier alpha value is -2.97. The van der Waals surface area contributed by atoms with Crippen molar-refractivity contribution >= 4 is 28.9 Å². The van der Waals surface area contributed by atoms with Crippen molar-refractivity contribution in [3.05, 3.63) is 24.8 Å². The molecule has 1 saturated heterocycles. The number of aromatic amines is 1. The number of methoxy groups -OCH3 is 1. The van der Waals surface area contributed by atoms with Gasteiger partial charge in [0.25, 0.3) is 0 Å². The molecule has 0 unspecified atom stereocenters. The van der Waals surface area contributed by atoms with E-state index in [4.69, 9.17) is 0 Å². The van der Waals surface area contributed by atoms with Crippen molar-refractivity contribution in [3.8, 4) is 0 Å². The summed E-state index contributed by atoms with van der Waals surface area (Å²) < 4.78 is 4.53. The molecule has 1 aliphatic heterocycles. The molecule has 9 nitrogen and oxygen atoms in total. The maximum atomic E-state index is 12.4. The van der Waals surface area contributed by atoms with Crippen LogP contribution in [0.15, 0.2) is 24.8 Å². The maximum absolute atomic E-state index is 12.4. The lowest BCUT2D eigenvalue weighted by atomic mass is 10.0. The molecule has 0 aliphatic carbocycles. The molecule has 2 aromatic heterocycles. The number of piperidine rings is 1. The van der Waals surface area contributed by atoms with E-state index in [9.17, 15) is 9.59 Å². The summed E-state index contributed by atoms with van der Waals surface area (Å²) in [5.41, 5.74) is 1.48. The van der Waals surface area contributed by atoms with Crippen LogP contribution in [-0.2, 0) is 14.3 Å². The molecule has 1 fully saturated rings. The van der Waals surface area contributed by atoms with E-state index >= 15 is 0 Å². The number of aromatic nitrogens is 4. The first-order chi connectivity index (χ1) is 12.6. The van der Waals surface area contributed by atoms with E-state index < -0.39 is 5.97 Å². The van der Waals surface area contributed by atoms with Gasteiger partial charge in [-0.2, -0.15) is 0 Å². The molecule has 0 atom stereocenters. The molecule has 0 aromatic carbocycles. The number of fused-ring (bicyclic) bond motifs is 1. The van der Waals surface area contributed by atoms with Crippen LogP contribution in [0.1, 0.15) is 19.8 Å². The molecule has 138 valence electrons. The molecule has 3 heterocycles. The molecule has 0 bridgehead atoms. The van der Waals surface area contributed by atoms with Crippen LogP contribution in [0.4, 0.5) is 5.82 Å². The fourth-order valence-corrected chi connectivity index (χ4v) is 3.28. The number of amides is 1. The SMILES string of the molecule is CCN(C(=O)/C=C/C(=O)OC)C1CCN(c2ncnc3nc[nH]c23)CC1. The van der Waals surface area contributed by atoms with Crippen molar-refractivity contribution in [2.45, 2.75) is 25.8 Å². The van der Waals surface area contributed by atoms with E-state index in [0.717, 1.165) is 43.3 Å². The van der Waals surface area contributed by atoms with Gasteiger partial charge < -0.3 is 19.5 Å². The Balaban J connectivity index is 1.65. The molecule has 9 heteroatoms. The minimum atomic E-state index is -0.531. The number of ether oxygens (including phenoxy) is 1. The fraction of sp³-hybridized carbons (Fsp3) is 0.471. The lowest BCUT2D eigenvalue weighted by Crippen LogP contribution is -2.47. The number of likely N-dealkylation sites (N-methyl/N-ethyl adjacent to an activating group) is 1. The highest BCUT2D eigenvalue weighted by molar-refractivity contribution is 5.94. The molecule has 2 aromatic rings. The van der Waals surface area contributed by atoms with Gasteiger partial charge in [-0.25, -0.2) is 19.7 Å². The molecule has 1 amide bonds. The second-order valence-corrected chi connectivity index (χ2v) is 6.00. The lowest BCUT2D eigenvalue weighted by molar-refractivity contribution is -0.135. The minimum absolute atomic E-state index is 0.130. The number of carbonyl (C=O) groups excluding carboxylic acids is 2. The molecule has 1 N–H and O–H groups in total. The number of hydrogen-bond donors (Lipinski definition) is 1. The molecular formula is C17H22N6O3. The average molecular weight is 358 g/mol. The first-order valence-electron chi connectivity index (χ1n) is 8.59. The zero-order valence-corrected chi connectivity index (χ0v) is 14.9. The summed E-state index contributed by atoms with van der Waals surface area (Å²) in [5, 5.41) is 0. The number of hydrogen-bond acceptors (Lipinski definition) is 7. The molecule has 3 rings (SSSR count). The first-order valence-corrected chi connectivity index (χ1v) is 8.59. The van der Waals surface area contributed by atoms with E-state index in [-0.39, 0.29) is 11.9 Å². The van der Waals surface area contributed by atoms with Crippen molar-refractivity contribution in [1.29, 1.82) is 0 Å². The number of anilines is 1. The van der Waals surface area contributed by atoms with Gasteiger partial charge in [0.2, 0.25) is 5.91 Å². The van der Waals surface area contributed by atoms with Gasteiger partial charge in [0.15, 0.2) is 11.5 Å². The standard InChI is InChI=1S/C17H22N6O3/c1-3-23(13(24)4-5-14(25)26-2)12-6-8-22(9-7-12)17-15-16(19-10-18-15)20-11-21-17/h4-5,10-12H,3,6-9H2,1-2H3,(H,18,19,20,21)/b5-4+. The van der Waals surface area contributed by atoms with Crippen LogP contribution in [-0.4, -0.2) is 69.5 Å². The van der Waals surface area contributed by atoms with Crippen molar-refractivity contribution in [3.63, 3.8) is 0 Å². The summed E-state index contributed by atoms with van der Waals surface area (Å²) in [6.07, 6.45) is 7.22. The third kappa shape index (κ3) is 3.66. The highest BCUT2D eigenvalue weighted by atomic mass is 16.5. The van der Waals surface area contributed by atoms with Crippen LogP contribution in [0, 0.1) is 0 Å². The number of rotatable bonds is 5. The van der Waals surface area contributed by atoms with Gasteiger partial charge in [-0.15, -0.1) is 0 Å². The van der Waals surface area contributed by atoms with Gasteiger partial charge in [0.1, 0.15) is 11.8 Å². The predicted octanol–water partition coefficient (Wildman–Crippen LogP) is 0.899. The molecule has 26 heavy (non-hydrogen) atoms. The Labute approximate surface area is 151 Å². The maximum Gasteiger partial charge on any atom is 0.330 e. The number of carbonyl (C=O) groups is 2. The van der Waals surface area contributed by atoms with E-state index in [1.807, 2.05) is 6.92 Å². The molecule has 0 saturated carbocycles. The molecule has 1 aliphatic rings. The monoisotopic (exact) mass is 358 g/mol. The van der Waals surface area contributed by atoms with Crippen LogP contribution in [0.5, 0.6) is 0 Å². The van der Waals surface area contributed by atoms with Crippen molar-refractivity contribution < 1.29 is 14.3 Å². The largest absolute Gasteiger partial charge is 0.466 e. The minimum Gasteiger partial charge on any atom is -0.466 e. The summed E-state index contributed by atoms with van der Waals surface area (Å²) in [6, 6.07) is 0.130. The highest BCUT2D eigenvalue weighted by Crippen LogP contribution is 2.25. The van der Waals surface area contributed by atoms with E-state index in [2.05, 4.69) is 29.6 Å². The van der Waals surface area contributed by atoms with Crippen LogP contribution in [0.2, 0.25) is 0 Å². The molecular weight excluding hydrogens is 336 g/mol. The molecule has 0 radical (unpaired) electrons. The number of imidazole rings is 1. The first kappa shape index (κ1) is 17.8. The Kier molecular flexibility index (Phi) is 5.45. The van der Waals surface area contributed by atoms with E-state index in [1.165, 1.54) is 19.5 Å². The van der Waals surface area contributed by atoms with Crippen LogP contribution < -0.4 is 4.90 Å². The lowest BCUT2D eigenvalue weighted by Gasteiger charge is -2.38. The van der Waals surface area contributed by atoms with Gasteiger partial charge in [-0.3, -0.25) is 4.79 Å². The summed E-state index contributed by atoms with van der Waals surface area (Å²) in [5.74, 6) is 0.136. The number of esters is 1. The summed E-state index contributed by atoms with van der Waals surface area (Å²) in [7, 11) is 1.29. The Morgan fingerprint density at radius 1 is 1.31 bits per heavy atom. The summed E-state index contributed by atoms with van der Waals surface area (Å²) in [6.45, 7) is 4.09.